The van der Waals surface area contributed by atoms with Gasteiger partial charge in [-0.25, -0.2) is 9.37 Å². The zero-order valence-corrected chi connectivity index (χ0v) is 16.0. The number of thiazole rings is 1. The number of aromatic nitrogens is 1. The molecule has 0 saturated carbocycles. The monoisotopic (exact) mass is 371 g/mol. The van der Waals surface area contributed by atoms with Crippen LogP contribution < -0.4 is 4.74 Å². The average Bonchev–Trinajstić information content (AvgIpc) is 2.84. The summed E-state index contributed by atoms with van der Waals surface area (Å²) < 4.78 is 25.6. The molecule has 0 aliphatic heterocycles. The topological polar surface area (TPSA) is 31.4 Å². The van der Waals surface area contributed by atoms with Crippen molar-refractivity contribution in [3.63, 3.8) is 0 Å². The van der Waals surface area contributed by atoms with Gasteiger partial charge in [-0.15, -0.1) is 11.3 Å². The summed E-state index contributed by atoms with van der Waals surface area (Å²) in [6.07, 6.45) is 1.00. The molecule has 132 valence electrons. The Labute approximate surface area is 151 Å². The van der Waals surface area contributed by atoms with Gasteiger partial charge in [0.05, 0.1) is 18.4 Å². The van der Waals surface area contributed by atoms with Crippen molar-refractivity contribution >= 4 is 22.9 Å². The zero-order chi connectivity index (χ0) is 17.7. The molecule has 0 aliphatic rings. The first-order valence-corrected chi connectivity index (χ1v) is 9.25. The van der Waals surface area contributed by atoms with E-state index in [0.29, 0.717) is 23.6 Å². The first kappa shape index (κ1) is 19.2. The van der Waals surface area contributed by atoms with Crippen LogP contribution in [0.1, 0.15) is 32.6 Å². The van der Waals surface area contributed by atoms with Gasteiger partial charge in [0.15, 0.2) is 16.0 Å². The number of benzene rings is 1. The fourth-order valence-electron chi connectivity index (χ4n) is 2.26. The summed E-state index contributed by atoms with van der Waals surface area (Å²) in [6.45, 7) is 8.91. The molecular weight excluding hydrogens is 349 g/mol. The number of hydrogen-bond acceptors (Lipinski definition) is 4. The maximum absolute atomic E-state index is 14.3. The molecule has 0 spiro atoms. The van der Waals surface area contributed by atoms with Gasteiger partial charge in [-0.05, 0) is 44.4 Å². The van der Waals surface area contributed by atoms with Crippen LogP contribution in [0, 0.1) is 11.7 Å². The molecule has 1 aromatic heterocycles. The normalized spacial score (nSPS) is 11.5. The molecule has 0 atom stereocenters. The highest BCUT2D eigenvalue weighted by atomic mass is 35.5. The van der Waals surface area contributed by atoms with Crippen molar-refractivity contribution in [3.8, 4) is 17.0 Å². The molecule has 0 fully saturated rings. The fraction of sp³-hybridized carbons (Fsp3) is 0.500. The van der Waals surface area contributed by atoms with Crippen LogP contribution in [-0.2, 0) is 11.2 Å². The third-order valence-electron chi connectivity index (χ3n) is 3.26. The summed E-state index contributed by atoms with van der Waals surface area (Å²) in [5.74, 6) is 0.295. The van der Waals surface area contributed by atoms with Gasteiger partial charge in [0.1, 0.15) is 6.61 Å². The minimum absolute atomic E-state index is 0.134. The maximum Gasteiger partial charge on any atom is 0.184 e. The molecule has 0 radical (unpaired) electrons. The van der Waals surface area contributed by atoms with E-state index in [1.807, 2.05) is 19.9 Å². The van der Waals surface area contributed by atoms with Gasteiger partial charge >= 0.3 is 0 Å². The zero-order valence-electron chi connectivity index (χ0n) is 14.4. The van der Waals surface area contributed by atoms with Crippen LogP contribution >= 0.6 is 22.9 Å². The number of hydrogen-bond donors (Lipinski definition) is 0. The second-order valence-corrected chi connectivity index (χ2v) is 7.92. The van der Waals surface area contributed by atoms with Gasteiger partial charge in [-0.2, -0.15) is 0 Å². The Morgan fingerprint density at radius 2 is 1.96 bits per heavy atom. The van der Waals surface area contributed by atoms with Crippen LogP contribution in [0.2, 0.25) is 4.47 Å². The Hall–Kier alpha value is -1.17. The average molecular weight is 372 g/mol. The Morgan fingerprint density at radius 1 is 1.21 bits per heavy atom. The van der Waals surface area contributed by atoms with Crippen LogP contribution in [0.15, 0.2) is 18.2 Å². The minimum Gasteiger partial charge on any atom is -0.488 e. The first-order chi connectivity index (χ1) is 11.4. The van der Waals surface area contributed by atoms with Gasteiger partial charge in [0, 0.05) is 10.4 Å². The van der Waals surface area contributed by atoms with E-state index in [-0.39, 0.29) is 11.9 Å². The summed E-state index contributed by atoms with van der Waals surface area (Å²) in [7, 11) is 0. The molecule has 0 N–H and O–H groups in total. The summed E-state index contributed by atoms with van der Waals surface area (Å²) >= 11 is 7.51. The smallest absolute Gasteiger partial charge is 0.184 e. The van der Waals surface area contributed by atoms with Gasteiger partial charge in [-0.1, -0.05) is 25.4 Å². The molecule has 0 saturated heterocycles. The van der Waals surface area contributed by atoms with E-state index in [1.54, 1.807) is 6.07 Å². The van der Waals surface area contributed by atoms with Crippen molar-refractivity contribution in [1.82, 2.24) is 4.98 Å². The lowest BCUT2D eigenvalue weighted by molar-refractivity contribution is 0.0544. The highest BCUT2D eigenvalue weighted by Gasteiger charge is 2.15. The molecule has 0 unspecified atom stereocenters. The van der Waals surface area contributed by atoms with Crippen molar-refractivity contribution < 1.29 is 13.9 Å². The second kappa shape index (κ2) is 8.79. The van der Waals surface area contributed by atoms with E-state index in [0.717, 1.165) is 22.6 Å². The predicted molar refractivity (Wildman–Crippen MR) is 97.6 cm³/mol. The van der Waals surface area contributed by atoms with E-state index >= 15 is 0 Å². The molecule has 6 heteroatoms. The lowest BCUT2D eigenvalue weighted by Crippen LogP contribution is -2.11. The molecule has 1 aromatic carbocycles. The Morgan fingerprint density at radius 3 is 2.58 bits per heavy atom. The summed E-state index contributed by atoms with van der Waals surface area (Å²) in [5.41, 5.74) is 1.48. The third-order valence-corrected chi connectivity index (χ3v) is 4.44. The Balaban J connectivity index is 2.12. The van der Waals surface area contributed by atoms with E-state index in [1.165, 1.54) is 17.4 Å². The molecule has 0 amide bonds. The largest absolute Gasteiger partial charge is 0.488 e. The lowest BCUT2D eigenvalue weighted by atomic mass is 10.0. The van der Waals surface area contributed by atoms with Gasteiger partial charge < -0.3 is 9.47 Å². The Kier molecular flexibility index (Phi) is 7.02. The van der Waals surface area contributed by atoms with Crippen molar-refractivity contribution in [2.24, 2.45) is 5.92 Å². The molecule has 1 heterocycles. The second-order valence-electron chi connectivity index (χ2n) is 6.25. The molecule has 0 bridgehead atoms. The SMILES string of the molecule is CC(C)Cc1sc(Cl)nc1-c1ccc(OCCOC(C)C)c(F)c1. The van der Waals surface area contributed by atoms with E-state index in [2.05, 4.69) is 18.8 Å². The summed E-state index contributed by atoms with van der Waals surface area (Å²) in [4.78, 5) is 5.43. The van der Waals surface area contributed by atoms with E-state index in [9.17, 15) is 4.39 Å². The highest BCUT2D eigenvalue weighted by Crippen LogP contribution is 2.34. The number of ether oxygens (including phenoxy) is 2. The van der Waals surface area contributed by atoms with Crippen molar-refractivity contribution in [2.45, 2.75) is 40.2 Å². The standard InChI is InChI=1S/C18H23ClFNO2S/c1-11(2)9-16-17(21-18(19)24-16)13-5-6-15(14(20)10-13)23-8-7-22-12(3)4/h5-6,10-12H,7-9H2,1-4H3. The van der Waals surface area contributed by atoms with Crippen LogP contribution in [0.4, 0.5) is 4.39 Å². The highest BCUT2D eigenvalue weighted by molar-refractivity contribution is 7.16. The fourth-order valence-corrected chi connectivity index (χ4v) is 3.64. The quantitative estimate of drug-likeness (QED) is 0.565. The molecule has 24 heavy (non-hydrogen) atoms. The molecular formula is C18H23ClFNO2S. The third kappa shape index (κ3) is 5.43. The minimum atomic E-state index is -0.406. The Bertz CT molecular complexity index is 673. The summed E-state index contributed by atoms with van der Waals surface area (Å²) in [5, 5.41) is 0. The molecule has 0 aliphatic carbocycles. The maximum atomic E-state index is 14.3. The van der Waals surface area contributed by atoms with E-state index < -0.39 is 5.82 Å². The molecule has 3 nitrogen and oxygen atoms in total. The van der Waals surface area contributed by atoms with Crippen LogP contribution in [-0.4, -0.2) is 24.3 Å². The van der Waals surface area contributed by atoms with Gasteiger partial charge in [-0.3, -0.25) is 0 Å². The van der Waals surface area contributed by atoms with Crippen LogP contribution in [0.3, 0.4) is 0 Å². The first-order valence-electron chi connectivity index (χ1n) is 8.06. The van der Waals surface area contributed by atoms with Crippen molar-refractivity contribution in [3.05, 3.63) is 33.4 Å². The van der Waals surface area contributed by atoms with Crippen LogP contribution in [0.5, 0.6) is 5.75 Å². The lowest BCUT2D eigenvalue weighted by Gasteiger charge is -2.11. The number of nitrogens with zero attached hydrogens (tertiary/aromatic N) is 1. The summed E-state index contributed by atoms with van der Waals surface area (Å²) in [6, 6.07) is 4.90. The van der Waals surface area contributed by atoms with Gasteiger partial charge in [0.25, 0.3) is 0 Å². The molecule has 2 aromatic rings. The predicted octanol–water partition coefficient (Wildman–Crippen LogP) is 5.60. The van der Waals surface area contributed by atoms with Gasteiger partial charge in [0.2, 0.25) is 0 Å². The van der Waals surface area contributed by atoms with Crippen molar-refractivity contribution in [2.75, 3.05) is 13.2 Å². The van der Waals surface area contributed by atoms with E-state index in [4.69, 9.17) is 21.1 Å². The number of rotatable bonds is 8. The van der Waals surface area contributed by atoms with Crippen LogP contribution in [0.25, 0.3) is 11.3 Å². The number of halogens is 2. The molecule has 2 rings (SSSR count). The van der Waals surface area contributed by atoms with Crippen molar-refractivity contribution in [1.29, 1.82) is 0 Å².